The number of hydrogen-bond donors (Lipinski definition) is 3. The van der Waals surface area contributed by atoms with Gasteiger partial charge in [-0.2, -0.15) is 5.10 Å². The van der Waals surface area contributed by atoms with Crippen molar-refractivity contribution in [2.75, 3.05) is 25.5 Å². The predicted octanol–water partition coefficient (Wildman–Crippen LogP) is 1.76. The highest BCUT2D eigenvalue weighted by Gasteiger charge is 2.02. The fourth-order valence-corrected chi connectivity index (χ4v) is 2.40. The zero-order chi connectivity index (χ0) is 17.5. The van der Waals surface area contributed by atoms with Crippen LogP contribution < -0.4 is 16.0 Å². The van der Waals surface area contributed by atoms with Crippen molar-refractivity contribution in [1.82, 2.24) is 30.4 Å². The lowest BCUT2D eigenvalue weighted by Crippen LogP contribution is -2.39. The minimum Gasteiger partial charge on any atom is -0.368 e. The lowest BCUT2D eigenvalue weighted by Gasteiger charge is -2.12. The van der Waals surface area contributed by atoms with Gasteiger partial charge in [-0.3, -0.25) is 9.67 Å². The second-order valence-electron chi connectivity index (χ2n) is 5.47. The molecule has 138 valence electrons. The Balaban J connectivity index is 0.00000243. The van der Waals surface area contributed by atoms with Crippen LogP contribution in [-0.4, -0.2) is 45.8 Å². The fraction of sp³-hybridized carbons (Fsp3) is 0.294. The van der Waals surface area contributed by atoms with Crippen molar-refractivity contribution < 1.29 is 0 Å². The number of benzene rings is 1. The van der Waals surface area contributed by atoms with E-state index in [1.807, 2.05) is 31.3 Å². The second kappa shape index (κ2) is 9.90. The number of fused-ring (bicyclic) bond motifs is 1. The molecule has 0 bridgehead atoms. The molecule has 26 heavy (non-hydrogen) atoms. The highest BCUT2D eigenvalue weighted by Crippen LogP contribution is 2.13. The van der Waals surface area contributed by atoms with Crippen LogP contribution in [0.4, 0.5) is 5.82 Å². The summed E-state index contributed by atoms with van der Waals surface area (Å²) in [6.07, 6.45) is 1.54. The minimum atomic E-state index is 0. The van der Waals surface area contributed by atoms with E-state index in [4.69, 9.17) is 0 Å². The van der Waals surface area contributed by atoms with E-state index in [9.17, 15) is 0 Å². The van der Waals surface area contributed by atoms with Gasteiger partial charge in [0.05, 0.1) is 12.1 Å². The SMILES string of the molecule is CN=C(NCCNc1ccc2ccccc2n1)NCc1ncnn1C.I. The van der Waals surface area contributed by atoms with Crippen LogP contribution in [0.3, 0.4) is 0 Å². The quantitative estimate of drug-likeness (QED) is 0.222. The van der Waals surface area contributed by atoms with Crippen LogP contribution in [-0.2, 0) is 13.6 Å². The number of pyridine rings is 1. The smallest absolute Gasteiger partial charge is 0.191 e. The van der Waals surface area contributed by atoms with Crippen LogP contribution in [0, 0.1) is 0 Å². The Kier molecular flexibility index (Phi) is 7.57. The molecule has 0 aliphatic carbocycles. The van der Waals surface area contributed by atoms with E-state index in [2.05, 4.69) is 48.1 Å². The first kappa shape index (κ1) is 19.9. The molecular weight excluding hydrogens is 443 g/mol. The number of para-hydroxylation sites is 1. The van der Waals surface area contributed by atoms with Crippen LogP contribution in [0.5, 0.6) is 0 Å². The standard InChI is InChI=1S/C17H22N8.HI/c1-18-17(21-11-16-22-12-23-25(16)2)20-10-9-19-15-8-7-13-5-3-4-6-14(13)24-15;/h3-8,12H,9-11H2,1-2H3,(H,19,24)(H2,18,20,21);1H. The normalized spacial score (nSPS) is 11.1. The maximum Gasteiger partial charge on any atom is 0.191 e. The molecule has 0 radical (unpaired) electrons. The van der Waals surface area contributed by atoms with Crippen molar-refractivity contribution in [1.29, 1.82) is 0 Å². The van der Waals surface area contributed by atoms with Crippen molar-refractivity contribution >= 4 is 46.7 Å². The van der Waals surface area contributed by atoms with Gasteiger partial charge in [0, 0.05) is 32.6 Å². The number of anilines is 1. The van der Waals surface area contributed by atoms with Gasteiger partial charge in [0.25, 0.3) is 0 Å². The first-order valence-electron chi connectivity index (χ1n) is 8.13. The number of guanidine groups is 1. The van der Waals surface area contributed by atoms with Gasteiger partial charge in [-0.15, -0.1) is 24.0 Å². The van der Waals surface area contributed by atoms with Crippen LogP contribution in [0.1, 0.15) is 5.82 Å². The third-order valence-electron chi connectivity index (χ3n) is 3.76. The summed E-state index contributed by atoms with van der Waals surface area (Å²) in [6.45, 7) is 2.01. The number of rotatable bonds is 6. The van der Waals surface area contributed by atoms with Gasteiger partial charge in [-0.25, -0.2) is 9.97 Å². The molecule has 1 aromatic carbocycles. The Morgan fingerprint density at radius 2 is 1.96 bits per heavy atom. The van der Waals surface area contributed by atoms with Crippen molar-refractivity contribution in [3.63, 3.8) is 0 Å². The van der Waals surface area contributed by atoms with Crippen LogP contribution in [0.2, 0.25) is 0 Å². The number of aromatic nitrogens is 4. The third kappa shape index (κ3) is 5.28. The Bertz CT molecular complexity index is 861. The number of aliphatic imine (C=N–C) groups is 1. The summed E-state index contributed by atoms with van der Waals surface area (Å²) in [5.74, 6) is 2.43. The molecular formula is C17H23IN8. The zero-order valence-electron chi connectivity index (χ0n) is 14.8. The topological polar surface area (TPSA) is 92.1 Å². The summed E-state index contributed by atoms with van der Waals surface area (Å²) >= 11 is 0. The maximum absolute atomic E-state index is 4.59. The summed E-state index contributed by atoms with van der Waals surface area (Å²) in [4.78, 5) is 13.0. The van der Waals surface area contributed by atoms with Gasteiger partial charge < -0.3 is 16.0 Å². The van der Waals surface area contributed by atoms with Crippen molar-refractivity contribution in [2.45, 2.75) is 6.54 Å². The van der Waals surface area contributed by atoms with E-state index in [0.29, 0.717) is 13.1 Å². The lowest BCUT2D eigenvalue weighted by atomic mass is 10.2. The largest absolute Gasteiger partial charge is 0.368 e. The molecule has 3 rings (SSSR count). The predicted molar refractivity (Wildman–Crippen MR) is 115 cm³/mol. The summed E-state index contributed by atoms with van der Waals surface area (Å²) < 4.78 is 1.73. The van der Waals surface area contributed by atoms with Crippen LogP contribution in [0.25, 0.3) is 10.9 Å². The molecule has 8 nitrogen and oxygen atoms in total. The second-order valence-corrected chi connectivity index (χ2v) is 5.47. The van der Waals surface area contributed by atoms with E-state index in [0.717, 1.165) is 35.0 Å². The van der Waals surface area contributed by atoms with E-state index >= 15 is 0 Å². The maximum atomic E-state index is 4.59. The lowest BCUT2D eigenvalue weighted by molar-refractivity contribution is 0.673. The first-order valence-corrected chi connectivity index (χ1v) is 8.13. The Labute approximate surface area is 169 Å². The molecule has 0 fully saturated rings. The van der Waals surface area contributed by atoms with Crippen molar-refractivity contribution in [3.8, 4) is 0 Å². The summed E-state index contributed by atoms with van der Waals surface area (Å²) in [5, 5.41) is 14.9. The molecule has 2 heterocycles. The van der Waals surface area contributed by atoms with E-state index in [1.54, 1.807) is 11.7 Å². The zero-order valence-corrected chi connectivity index (χ0v) is 17.1. The summed E-state index contributed by atoms with van der Waals surface area (Å²) in [5.41, 5.74) is 0.988. The molecule has 0 unspecified atom stereocenters. The van der Waals surface area contributed by atoms with Gasteiger partial charge in [-0.05, 0) is 18.2 Å². The molecule has 0 atom stereocenters. The molecule has 3 aromatic rings. The molecule has 0 amide bonds. The van der Waals surface area contributed by atoms with Gasteiger partial charge in [0.1, 0.15) is 18.0 Å². The summed E-state index contributed by atoms with van der Waals surface area (Å²) in [7, 11) is 3.60. The molecule has 9 heteroatoms. The van der Waals surface area contributed by atoms with Gasteiger partial charge in [-0.1, -0.05) is 18.2 Å². The molecule has 0 saturated carbocycles. The molecule has 3 N–H and O–H groups in total. The number of halogens is 1. The van der Waals surface area contributed by atoms with Crippen molar-refractivity contribution in [3.05, 3.63) is 48.5 Å². The Morgan fingerprint density at radius 3 is 2.73 bits per heavy atom. The highest BCUT2D eigenvalue weighted by molar-refractivity contribution is 14.0. The Morgan fingerprint density at radius 1 is 1.12 bits per heavy atom. The third-order valence-corrected chi connectivity index (χ3v) is 3.76. The van der Waals surface area contributed by atoms with E-state index in [-0.39, 0.29) is 24.0 Å². The minimum absolute atomic E-state index is 0. The van der Waals surface area contributed by atoms with Gasteiger partial charge in [0.2, 0.25) is 0 Å². The number of nitrogens with zero attached hydrogens (tertiary/aromatic N) is 5. The molecule has 0 saturated heterocycles. The first-order chi connectivity index (χ1) is 12.3. The van der Waals surface area contributed by atoms with Gasteiger partial charge >= 0.3 is 0 Å². The van der Waals surface area contributed by atoms with Gasteiger partial charge in [0.15, 0.2) is 5.96 Å². The summed E-state index contributed by atoms with van der Waals surface area (Å²) in [6, 6.07) is 12.1. The van der Waals surface area contributed by atoms with Crippen LogP contribution in [0.15, 0.2) is 47.7 Å². The fourth-order valence-electron chi connectivity index (χ4n) is 2.40. The Hall–Kier alpha value is -2.43. The average molecular weight is 466 g/mol. The molecule has 0 aliphatic rings. The molecule has 2 aromatic heterocycles. The van der Waals surface area contributed by atoms with Crippen molar-refractivity contribution in [2.24, 2.45) is 12.0 Å². The molecule has 0 aliphatic heterocycles. The van der Waals surface area contributed by atoms with E-state index in [1.165, 1.54) is 6.33 Å². The number of aryl methyl sites for hydroxylation is 1. The van der Waals surface area contributed by atoms with E-state index < -0.39 is 0 Å². The number of hydrogen-bond acceptors (Lipinski definition) is 5. The number of nitrogens with one attached hydrogen (secondary N) is 3. The highest BCUT2D eigenvalue weighted by atomic mass is 127. The van der Waals surface area contributed by atoms with Crippen LogP contribution >= 0.6 is 24.0 Å². The monoisotopic (exact) mass is 466 g/mol. The molecule has 0 spiro atoms. The average Bonchev–Trinajstić information content (AvgIpc) is 3.06.